The van der Waals surface area contributed by atoms with Crippen molar-refractivity contribution in [2.45, 2.75) is 18.9 Å². The molecule has 0 fully saturated rings. The minimum atomic E-state index is -0.246. The molecule has 108 valence electrons. The minimum absolute atomic E-state index is 0.0896. The second-order valence-corrected chi connectivity index (χ2v) is 4.84. The lowest BCUT2D eigenvalue weighted by Gasteiger charge is -2.23. The van der Waals surface area contributed by atoms with Gasteiger partial charge in [0.2, 0.25) is 0 Å². The van der Waals surface area contributed by atoms with Crippen LogP contribution in [0.2, 0.25) is 0 Å². The van der Waals surface area contributed by atoms with Crippen LogP contribution in [0.15, 0.2) is 30.9 Å². The fourth-order valence-electron chi connectivity index (χ4n) is 2.53. The summed E-state index contributed by atoms with van der Waals surface area (Å²) in [6, 6.07) is 4.34. The van der Waals surface area contributed by atoms with Crippen molar-refractivity contribution in [3.8, 4) is 0 Å². The minimum Gasteiger partial charge on any atom is -0.395 e. The molecule has 1 aliphatic rings. The molecule has 0 aliphatic heterocycles. The summed E-state index contributed by atoms with van der Waals surface area (Å²) < 4.78 is 13.1. The molecule has 1 unspecified atom stereocenters. The molecule has 0 radical (unpaired) electrons. The zero-order valence-corrected chi connectivity index (χ0v) is 11.3. The highest BCUT2D eigenvalue weighted by atomic mass is 19.1. The van der Waals surface area contributed by atoms with E-state index in [0.717, 1.165) is 24.0 Å². The first-order valence-electron chi connectivity index (χ1n) is 6.71. The Morgan fingerprint density at radius 1 is 1.60 bits per heavy atom. The number of halogens is 1. The fraction of sp³-hybridized carbons (Fsp3) is 0.400. The van der Waals surface area contributed by atoms with Crippen molar-refractivity contribution in [2.24, 2.45) is 0 Å². The fourth-order valence-corrected chi connectivity index (χ4v) is 2.53. The van der Waals surface area contributed by atoms with Crippen molar-refractivity contribution in [3.63, 3.8) is 0 Å². The lowest BCUT2D eigenvalue weighted by atomic mass is 10.1. The summed E-state index contributed by atoms with van der Waals surface area (Å²) in [4.78, 5) is 13.6. The third-order valence-electron chi connectivity index (χ3n) is 3.49. The van der Waals surface area contributed by atoms with E-state index in [1.165, 1.54) is 17.0 Å². The van der Waals surface area contributed by atoms with Gasteiger partial charge in [0.15, 0.2) is 0 Å². The smallest absolute Gasteiger partial charge is 0.318 e. The number of fused-ring (bicyclic) bond motifs is 1. The van der Waals surface area contributed by atoms with E-state index in [4.69, 9.17) is 5.11 Å². The van der Waals surface area contributed by atoms with Crippen LogP contribution in [0.1, 0.15) is 23.6 Å². The van der Waals surface area contributed by atoms with Gasteiger partial charge < -0.3 is 15.3 Å². The summed E-state index contributed by atoms with van der Waals surface area (Å²) in [5.41, 5.74) is 1.93. The molecule has 0 heterocycles. The molecule has 1 aromatic rings. The van der Waals surface area contributed by atoms with Crippen molar-refractivity contribution in [3.05, 3.63) is 47.8 Å². The van der Waals surface area contributed by atoms with Crippen LogP contribution in [0.5, 0.6) is 0 Å². The van der Waals surface area contributed by atoms with Gasteiger partial charge in [0.1, 0.15) is 5.82 Å². The van der Waals surface area contributed by atoms with Gasteiger partial charge >= 0.3 is 6.03 Å². The molecule has 1 atom stereocenters. The molecule has 1 aromatic carbocycles. The molecule has 5 heteroatoms. The molecular formula is C15H19FN2O2. The molecule has 4 nitrogen and oxygen atoms in total. The molecule has 0 bridgehead atoms. The number of carbonyl (C=O) groups excluding carboxylic acids is 1. The normalized spacial score (nSPS) is 16.6. The van der Waals surface area contributed by atoms with E-state index in [0.29, 0.717) is 6.54 Å². The van der Waals surface area contributed by atoms with Crippen LogP contribution in [0.4, 0.5) is 9.18 Å². The lowest BCUT2D eigenvalue weighted by molar-refractivity contribution is 0.180. The Labute approximate surface area is 117 Å². The Kier molecular flexibility index (Phi) is 4.74. The van der Waals surface area contributed by atoms with Crippen LogP contribution >= 0.6 is 0 Å². The highest BCUT2D eigenvalue weighted by molar-refractivity contribution is 5.75. The third-order valence-corrected chi connectivity index (χ3v) is 3.49. The third kappa shape index (κ3) is 3.17. The van der Waals surface area contributed by atoms with Gasteiger partial charge in [-0.25, -0.2) is 9.18 Å². The average molecular weight is 278 g/mol. The Bertz CT molecular complexity index is 505. The van der Waals surface area contributed by atoms with Gasteiger partial charge in [-0.3, -0.25) is 0 Å². The van der Waals surface area contributed by atoms with E-state index in [-0.39, 0.29) is 31.0 Å². The van der Waals surface area contributed by atoms with Crippen molar-refractivity contribution in [1.82, 2.24) is 10.2 Å². The molecule has 20 heavy (non-hydrogen) atoms. The number of amides is 2. The number of rotatable bonds is 5. The lowest BCUT2D eigenvalue weighted by Crippen LogP contribution is -2.42. The van der Waals surface area contributed by atoms with Gasteiger partial charge in [-0.1, -0.05) is 12.1 Å². The molecule has 0 saturated heterocycles. The van der Waals surface area contributed by atoms with Gasteiger partial charge in [0.05, 0.1) is 12.6 Å². The number of hydrogen-bond donors (Lipinski definition) is 2. The summed E-state index contributed by atoms with van der Waals surface area (Å²) in [6.45, 7) is 4.16. The van der Waals surface area contributed by atoms with Crippen molar-refractivity contribution in [1.29, 1.82) is 0 Å². The number of nitrogens with zero attached hydrogens (tertiary/aromatic N) is 1. The van der Waals surface area contributed by atoms with E-state index in [2.05, 4.69) is 11.9 Å². The van der Waals surface area contributed by atoms with Gasteiger partial charge in [-0.2, -0.15) is 0 Å². The molecule has 0 spiro atoms. The van der Waals surface area contributed by atoms with Crippen LogP contribution in [0.3, 0.4) is 0 Å². The predicted molar refractivity (Wildman–Crippen MR) is 74.8 cm³/mol. The predicted octanol–water partition coefficient (Wildman–Crippen LogP) is 2.00. The molecule has 2 rings (SSSR count). The van der Waals surface area contributed by atoms with E-state index in [9.17, 15) is 9.18 Å². The van der Waals surface area contributed by atoms with Crippen molar-refractivity contribution >= 4 is 6.03 Å². The van der Waals surface area contributed by atoms with Crippen LogP contribution in [-0.2, 0) is 6.42 Å². The van der Waals surface area contributed by atoms with Crippen LogP contribution in [-0.4, -0.2) is 35.7 Å². The van der Waals surface area contributed by atoms with Gasteiger partial charge in [-0.05, 0) is 36.1 Å². The second-order valence-electron chi connectivity index (χ2n) is 4.84. The number of carbonyl (C=O) groups is 1. The maximum Gasteiger partial charge on any atom is 0.318 e. The maximum absolute atomic E-state index is 13.1. The number of aliphatic hydroxyl groups excluding tert-OH is 1. The molecule has 0 saturated carbocycles. The topological polar surface area (TPSA) is 52.6 Å². The van der Waals surface area contributed by atoms with Gasteiger partial charge in [-0.15, -0.1) is 6.58 Å². The molecule has 1 aliphatic carbocycles. The first-order chi connectivity index (χ1) is 9.65. The standard InChI is InChI=1S/C15H19FN2O2/c1-2-7-18(8-9-19)15(20)17-14-6-3-11-10-12(16)4-5-13(11)14/h2,4-5,10,14,19H,1,3,6-9H2,(H,17,20). The van der Waals surface area contributed by atoms with E-state index >= 15 is 0 Å². The molecular weight excluding hydrogens is 259 g/mol. The summed E-state index contributed by atoms with van der Waals surface area (Å²) >= 11 is 0. The highest BCUT2D eigenvalue weighted by Crippen LogP contribution is 2.31. The first-order valence-corrected chi connectivity index (χ1v) is 6.71. The Morgan fingerprint density at radius 3 is 3.10 bits per heavy atom. The number of benzene rings is 1. The molecule has 2 amide bonds. The second kappa shape index (κ2) is 6.52. The molecule has 2 N–H and O–H groups in total. The SMILES string of the molecule is C=CCN(CCO)C(=O)NC1CCc2cc(F)ccc21. The van der Waals surface area contributed by atoms with Crippen LogP contribution in [0.25, 0.3) is 0 Å². The van der Waals surface area contributed by atoms with Crippen molar-refractivity contribution < 1.29 is 14.3 Å². The summed E-state index contributed by atoms with van der Waals surface area (Å²) in [5.74, 6) is -0.246. The van der Waals surface area contributed by atoms with E-state index in [1.54, 1.807) is 12.1 Å². The number of urea groups is 1. The quantitative estimate of drug-likeness (QED) is 0.809. The zero-order chi connectivity index (χ0) is 14.5. The molecule has 0 aromatic heterocycles. The Balaban J connectivity index is 2.04. The summed E-state index contributed by atoms with van der Waals surface area (Å²) in [6.07, 6.45) is 3.15. The van der Waals surface area contributed by atoms with E-state index < -0.39 is 0 Å². The van der Waals surface area contributed by atoms with E-state index in [1.807, 2.05) is 0 Å². The average Bonchev–Trinajstić information content (AvgIpc) is 2.80. The zero-order valence-electron chi connectivity index (χ0n) is 11.3. The van der Waals surface area contributed by atoms with Crippen LogP contribution < -0.4 is 5.32 Å². The van der Waals surface area contributed by atoms with Gasteiger partial charge in [0.25, 0.3) is 0 Å². The number of aryl methyl sites for hydroxylation is 1. The maximum atomic E-state index is 13.1. The largest absolute Gasteiger partial charge is 0.395 e. The summed E-state index contributed by atoms with van der Waals surface area (Å²) in [5, 5.41) is 11.9. The van der Waals surface area contributed by atoms with Crippen LogP contribution in [0, 0.1) is 5.82 Å². The highest BCUT2D eigenvalue weighted by Gasteiger charge is 2.25. The number of hydrogen-bond acceptors (Lipinski definition) is 2. The first kappa shape index (κ1) is 14.5. The number of nitrogens with one attached hydrogen (secondary N) is 1. The Hall–Kier alpha value is -1.88. The Morgan fingerprint density at radius 2 is 2.40 bits per heavy atom. The summed E-state index contributed by atoms with van der Waals surface area (Å²) in [7, 11) is 0. The monoisotopic (exact) mass is 278 g/mol. The van der Waals surface area contributed by atoms with Gasteiger partial charge in [0, 0.05) is 13.1 Å². The number of aliphatic hydroxyl groups is 1. The van der Waals surface area contributed by atoms with Crippen molar-refractivity contribution in [2.75, 3.05) is 19.7 Å².